The first-order chi connectivity index (χ1) is 12.9. The van der Waals surface area contributed by atoms with Crippen LogP contribution in [0.15, 0.2) is 54.9 Å². The maximum atomic E-state index is 12.8. The largest absolute Gasteiger partial charge is 0.437 e. The smallest absolute Gasteiger partial charge is 0.416 e. The van der Waals surface area contributed by atoms with Gasteiger partial charge in [-0.15, -0.1) is 0 Å². The van der Waals surface area contributed by atoms with Gasteiger partial charge < -0.3 is 15.8 Å². The molecule has 3 N–H and O–H groups in total. The van der Waals surface area contributed by atoms with E-state index in [-0.39, 0.29) is 23.1 Å². The number of hydrogen-bond acceptors (Lipinski definition) is 5. The van der Waals surface area contributed by atoms with Crippen molar-refractivity contribution in [1.29, 1.82) is 0 Å². The highest BCUT2D eigenvalue weighted by Crippen LogP contribution is 2.34. The molecule has 0 radical (unpaired) electrons. The van der Waals surface area contributed by atoms with E-state index < -0.39 is 11.7 Å². The zero-order valence-electron chi connectivity index (χ0n) is 14.4. The number of ether oxygens (including phenoxy) is 1. The summed E-state index contributed by atoms with van der Waals surface area (Å²) in [6, 6.07) is 12.2. The Morgan fingerprint density at radius 1 is 1.07 bits per heavy atom. The SMILES string of the molecule is CCc1ccc(Oc2ncnc(Nc3cccc(C(F)(F)F)c3)c2N)cc1. The molecular formula is C19H17F3N4O. The molecule has 0 amide bonds. The van der Waals surface area contributed by atoms with E-state index in [1.807, 2.05) is 19.1 Å². The number of aromatic nitrogens is 2. The Kier molecular flexibility index (Phi) is 5.16. The number of halogens is 3. The van der Waals surface area contributed by atoms with Gasteiger partial charge in [-0.25, -0.2) is 4.98 Å². The minimum absolute atomic E-state index is 0.0921. The quantitative estimate of drug-likeness (QED) is 0.644. The number of alkyl halides is 3. The van der Waals surface area contributed by atoms with Crippen molar-refractivity contribution < 1.29 is 17.9 Å². The third-order valence-electron chi connectivity index (χ3n) is 3.85. The van der Waals surface area contributed by atoms with Crippen molar-refractivity contribution in [2.75, 3.05) is 11.1 Å². The number of rotatable bonds is 5. The lowest BCUT2D eigenvalue weighted by atomic mass is 10.2. The predicted molar refractivity (Wildman–Crippen MR) is 97.1 cm³/mol. The van der Waals surface area contributed by atoms with E-state index in [0.717, 1.165) is 24.1 Å². The Morgan fingerprint density at radius 3 is 2.48 bits per heavy atom. The molecule has 0 aliphatic carbocycles. The molecule has 0 saturated carbocycles. The number of nitrogen functional groups attached to an aromatic ring is 1. The zero-order chi connectivity index (χ0) is 19.4. The lowest BCUT2D eigenvalue weighted by Crippen LogP contribution is -2.06. The van der Waals surface area contributed by atoms with Crippen LogP contribution in [0, 0.1) is 0 Å². The Morgan fingerprint density at radius 2 is 1.81 bits per heavy atom. The number of nitrogens with two attached hydrogens (primary N) is 1. The van der Waals surface area contributed by atoms with Gasteiger partial charge in [0.2, 0.25) is 5.88 Å². The monoisotopic (exact) mass is 374 g/mol. The minimum atomic E-state index is -4.44. The molecule has 0 aliphatic rings. The molecule has 3 aromatic rings. The van der Waals surface area contributed by atoms with Crippen molar-refractivity contribution in [1.82, 2.24) is 9.97 Å². The summed E-state index contributed by atoms with van der Waals surface area (Å²) >= 11 is 0. The normalized spacial score (nSPS) is 11.3. The summed E-state index contributed by atoms with van der Waals surface area (Å²) in [6.45, 7) is 2.05. The maximum Gasteiger partial charge on any atom is 0.416 e. The summed E-state index contributed by atoms with van der Waals surface area (Å²) in [4.78, 5) is 7.98. The third-order valence-corrected chi connectivity index (χ3v) is 3.85. The number of nitrogens with zero attached hydrogens (tertiary/aromatic N) is 2. The molecule has 0 unspecified atom stereocenters. The number of nitrogens with one attached hydrogen (secondary N) is 1. The lowest BCUT2D eigenvalue weighted by molar-refractivity contribution is -0.137. The van der Waals surface area contributed by atoms with Gasteiger partial charge in [-0.3, -0.25) is 0 Å². The first-order valence-electron chi connectivity index (χ1n) is 8.18. The second kappa shape index (κ2) is 7.53. The van der Waals surface area contributed by atoms with Gasteiger partial charge in [-0.2, -0.15) is 18.2 Å². The number of aryl methyl sites for hydroxylation is 1. The lowest BCUT2D eigenvalue weighted by Gasteiger charge is -2.13. The molecule has 0 saturated heterocycles. The van der Waals surface area contributed by atoms with E-state index in [0.29, 0.717) is 5.75 Å². The summed E-state index contributed by atoms with van der Waals surface area (Å²) in [5, 5.41) is 2.77. The Balaban J connectivity index is 1.82. The first kappa shape index (κ1) is 18.5. The third kappa shape index (κ3) is 4.46. The van der Waals surface area contributed by atoms with Gasteiger partial charge >= 0.3 is 6.18 Å². The molecule has 1 aromatic heterocycles. The Bertz CT molecular complexity index is 927. The molecule has 27 heavy (non-hydrogen) atoms. The van der Waals surface area contributed by atoms with Crippen molar-refractivity contribution in [3.63, 3.8) is 0 Å². The van der Waals surface area contributed by atoms with Gasteiger partial charge in [-0.1, -0.05) is 25.1 Å². The van der Waals surface area contributed by atoms with Gasteiger partial charge in [0.25, 0.3) is 0 Å². The highest BCUT2D eigenvalue weighted by Gasteiger charge is 2.30. The van der Waals surface area contributed by atoms with Crippen molar-refractivity contribution in [2.24, 2.45) is 0 Å². The molecule has 0 fully saturated rings. The summed E-state index contributed by atoms with van der Waals surface area (Å²) in [6.07, 6.45) is -2.31. The molecule has 0 spiro atoms. The Labute approximate surface area is 154 Å². The molecule has 5 nitrogen and oxygen atoms in total. The van der Waals surface area contributed by atoms with Gasteiger partial charge in [0.15, 0.2) is 5.82 Å². The van der Waals surface area contributed by atoms with Crippen molar-refractivity contribution in [3.05, 3.63) is 66.0 Å². The van der Waals surface area contributed by atoms with Crippen LogP contribution in [0.5, 0.6) is 11.6 Å². The van der Waals surface area contributed by atoms with Crippen LogP contribution in [0.4, 0.5) is 30.4 Å². The van der Waals surface area contributed by atoms with E-state index >= 15 is 0 Å². The summed E-state index contributed by atoms with van der Waals surface area (Å²) in [5.41, 5.74) is 6.71. The second-order valence-electron chi connectivity index (χ2n) is 5.74. The average molecular weight is 374 g/mol. The van der Waals surface area contributed by atoms with Gasteiger partial charge in [0, 0.05) is 5.69 Å². The summed E-state index contributed by atoms with van der Waals surface area (Å²) < 4.78 is 44.2. The number of benzene rings is 2. The summed E-state index contributed by atoms with van der Waals surface area (Å²) in [5.74, 6) is 0.816. The molecule has 0 bridgehead atoms. The van der Waals surface area contributed by atoms with Gasteiger partial charge in [0.05, 0.1) is 5.56 Å². The molecule has 1 heterocycles. The minimum Gasteiger partial charge on any atom is -0.437 e. The van der Waals surface area contributed by atoms with Crippen molar-refractivity contribution in [3.8, 4) is 11.6 Å². The van der Waals surface area contributed by atoms with Crippen LogP contribution in [0.1, 0.15) is 18.1 Å². The fourth-order valence-corrected chi connectivity index (χ4v) is 2.38. The van der Waals surface area contributed by atoms with Gasteiger partial charge in [-0.05, 0) is 42.3 Å². The number of anilines is 3. The standard InChI is InChI=1S/C19H17F3N4O/c1-2-12-6-8-15(9-7-12)27-18-16(23)17(24-11-25-18)26-14-5-3-4-13(10-14)19(20,21)22/h3-11H,2,23H2,1H3,(H,24,25,26). The van der Waals surface area contributed by atoms with E-state index in [4.69, 9.17) is 10.5 Å². The number of hydrogen-bond donors (Lipinski definition) is 2. The van der Waals surface area contributed by atoms with Crippen LogP contribution in [-0.2, 0) is 12.6 Å². The fourth-order valence-electron chi connectivity index (χ4n) is 2.38. The van der Waals surface area contributed by atoms with Crippen LogP contribution in [-0.4, -0.2) is 9.97 Å². The maximum absolute atomic E-state index is 12.8. The zero-order valence-corrected chi connectivity index (χ0v) is 14.4. The molecule has 3 rings (SSSR count). The molecule has 0 aliphatic heterocycles. The van der Waals surface area contributed by atoms with Crippen molar-refractivity contribution >= 4 is 17.2 Å². The fraction of sp³-hybridized carbons (Fsp3) is 0.158. The van der Waals surface area contributed by atoms with E-state index in [1.165, 1.54) is 18.5 Å². The van der Waals surface area contributed by atoms with Crippen LogP contribution >= 0.6 is 0 Å². The molecule has 140 valence electrons. The summed E-state index contributed by atoms with van der Waals surface area (Å²) in [7, 11) is 0. The molecular weight excluding hydrogens is 357 g/mol. The van der Waals surface area contributed by atoms with E-state index in [2.05, 4.69) is 15.3 Å². The van der Waals surface area contributed by atoms with E-state index in [9.17, 15) is 13.2 Å². The highest BCUT2D eigenvalue weighted by atomic mass is 19.4. The molecule has 0 atom stereocenters. The molecule has 8 heteroatoms. The van der Waals surface area contributed by atoms with Crippen LogP contribution in [0.2, 0.25) is 0 Å². The van der Waals surface area contributed by atoms with Crippen LogP contribution in [0.3, 0.4) is 0 Å². The van der Waals surface area contributed by atoms with E-state index in [1.54, 1.807) is 12.1 Å². The topological polar surface area (TPSA) is 73.1 Å². The molecule has 2 aromatic carbocycles. The van der Waals surface area contributed by atoms with Crippen molar-refractivity contribution in [2.45, 2.75) is 19.5 Å². The van der Waals surface area contributed by atoms with Crippen LogP contribution < -0.4 is 15.8 Å². The van der Waals surface area contributed by atoms with Crippen LogP contribution in [0.25, 0.3) is 0 Å². The average Bonchev–Trinajstić information content (AvgIpc) is 2.65. The Hall–Kier alpha value is -3.29. The first-order valence-corrected chi connectivity index (χ1v) is 8.18. The highest BCUT2D eigenvalue weighted by molar-refractivity contribution is 5.72. The second-order valence-corrected chi connectivity index (χ2v) is 5.74. The predicted octanol–water partition coefficient (Wildman–Crippen LogP) is 5.18. The van der Waals surface area contributed by atoms with Gasteiger partial charge in [0.1, 0.15) is 17.8 Å².